The van der Waals surface area contributed by atoms with Gasteiger partial charge >= 0.3 is 5.97 Å². The van der Waals surface area contributed by atoms with Crippen molar-refractivity contribution in [2.45, 2.75) is 51.0 Å². The average molecular weight is 356 g/mol. The quantitative estimate of drug-likeness (QED) is 0.812. The SMILES string of the molecule is O=C(NC(C(=O)N1CCC[C@H]1C(=O)O)=C1CCCCC1)c1ccccc1. The predicted octanol–water partition coefficient (Wildman–Crippen LogP) is 2.71. The van der Waals surface area contributed by atoms with Crippen LogP contribution in [0, 0.1) is 0 Å². The fourth-order valence-electron chi connectivity index (χ4n) is 3.71. The topological polar surface area (TPSA) is 86.7 Å². The number of aliphatic carboxylic acids is 1. The van der Waals surface area contributed by atoms with Gasteiger partial charge in [0, 0.05) is 12.1 Å². The van der Waals surface area contributed by atoms with E-state index < -0.39 is 12.0 Å². The average Bonchev–Trinajstić information content (AvgIpc) is 3.17. The first-order valence-corrected chi connectivity index (χ1v) is 9.20. The van der Waals surface area contributed by atoms with Crippen molar-refractivity contribution in [3.63, 3.8) is 0 Å². The number of hydrogen-bond acceptors (Lipinski definition) is 3. The molecule has 1 saturated carbocycles. The van der Waals surface area contributed by atoms with E-state index in [4.69, 9.17) is 0 Å². The highest BCUT2D eigenvalue weighted by atomic mass is 16.4. The zero-order valence-corrected chi connectivity index (χ0v) is 14.7. The molecule has 0 bridgehead atoms. The molecule has 1 aromatic carbocycles. The highest BCUT2D eigenvalue weighted by molar-refractivity contribution is 6.04. The van der Waals surface area contributed by atoms with Crippen molar-refractivity contribution in [2.75, 3.05) is 6.54 Å². The van der Waals surface area contributed by atoms with Gasteiger partial charge < -0.3 is 15.3 Å². The lowest BCUT2D eigenvalue weighted by atomic mass is 9.92. The van der Waals surface area contributed by atoms with Crippen molar-refractivity contribution in [1.82, 2.24) is 10.2 Å². The predicted molar refractivity (Wildman–Crippen MR) is 96.4 cm³/mol. The fraction of sp³-hybridized carbons (Fsp3) is 0.450. The standard InChI is InChI=1S/C20H24N2O4/c23-18(15-10-5-2-6-11-15)21-17(14-8-3-1-4-9-14)19(24)22-13-7-12-16(22)20(25)26/h2,5-6,10-11,16H,1,3-4,7-9,12-13H2,(H,21,23)(H,25,26)/t16-/m0/s1. The van der Waals surface area contributed by atoms with Crippen LogP contribution in [0.25, 0.3) is 0 Å². The van der Waals surface area contributed by atoms with E-state index in [-0.39, 0.29) is 17.5 Å². The van der Waals surface area contributed by atoms with Gasteiger partial charge in [-0.2, -0.15) is 0 Å². The Morgan fingerprint density at radius 3 is 2.35 bits per heavy atom. The number of carboxylic acid groups (broad SMARTS) is 1. The molecule has 1 aliphatic carbocycles. The second kappa shape index (κ2) is 8.17. The van der Waals surface area contributed by atoms with Crippen molar-refractivity contribution < 1.29 is 19.5 Å². The lowest BCUT2D eigenvalue weighted by Crippen LogP contribution is -2.45. The van der Waals surface area contributed by atoms with Gasteiger partial charge in [0.2, 0.25) is 0 Å². The van der Waals surface area contributed by atoms with Gasteiger partial charge in [-0.05, 0) is 56.2 Å². The first-order valence-electron chi connectivity index (χ1n) is 9.20. The van der Waals surface area contributed by atoms with Crippen LogP contribution in [0.4, 0.5) is 0 Å². The van der Waals surface area contributed by atoms with Crippen molar-refractivity contribution in [1.29, 1.82) is 0 Å². The maximum atomic E-state index is 13.1. The summed E-state index contributed by atoms with van der Waals surface area (Å²) in [5.74, 6) is -1.69. The molecule has 6 nitrogen and oxygen atoms in total. The number of nitrogens with zero attached hydrogens (tertiary/aromatic N) is 1. The van der Waals surface area contributed by atoms with Gasteiger partial charge in [0.1, 0.15) is 11.7 Å². The number of carbonyl (C=O) groups excluding carboxylic acids is 2. The van der Waals surface area contributed by atoms with E-state index in [1.165, 1.54) is 4.90 Å². The van der Waals surface area contributed by atoms with Crippen LogP contribution in [-0.4, -0.2) is 40.4 Å². The van der Waals surface area contributed by atoms with E-state index >= 15 is 0 Å². The number of rotatable bonds is 4. The van der Waals surface area contributed by atoms with E-state index in [2.05, 4.69) is 5.32 Å². The third-order valence-corrected chi connectivity index (χ3v) is 5.10. The minimum absolute atomic E-state index is 0.284. The van der Waals surface area contributed by atoms with Gasteiger partial charge in [0.25, 0.3) is 11.8 Å². The number of amides is 2. The van der Waals surface area contributed by atoms with Crippen LogP contribution in [-0.2, 0) is 9.59 Å². The summed E-state index contributed by atoms with van der Waals surface area (Å²) < 4.78 is 0. The molecule has 1 aromatic rings. The Kier molecular flexibility index (Phi) is 5.71. The Morgan fingerprint density at radius 2 is 1.69 bits per heavy atom. The second-order valence-electron chi connectivity index (χ2n) is 6.85. The summed E-state index contributed by atoms with van der Waals surface area (Å²) in [6, 6.07) is 7.94. The zero-order valence-electron chi connectivity index (χ0n) is 14.7. The molecule has 2 fully saturated rings. The normalized spacial score (nSPS) is 19.9. The van der Waals surface area contributed by atoms with Crippen LogP contribution in [0.2, 0.25) is 0 Å². The van der Waals surface area contributed by atoms with Crippen LogP contribution in [0.5, 0.6) is 0 Å². The van der Waals surface area contributed by atoms with Crippen molar-refractivity contribution in [2.24, 2.45) is 0 Å². The molecule has 1 saturated heterocycles. The molecule has 0 aromatic heterocycles. The van der Waals surface area contributed by atoms with Crippen LogP contribution >= 0.6 is 0 Å². The number of carboxylic acids is 1. The molecule has 0 radical (unpaired) electrons. The molecule has 1 aliphatic heterocycles. The zero-order chi connectivity index (χ0) is 18.5. The number of benzene rings is 1. The molecule has 2 aliphatic rings. The van der Waals surface area contributed by atoms with E-state index in [9.17, 15) is 19.5 Å². The van der Waals surface area contributed by atoms with Gasteiger partial charge in [-0.15, -0.1) is 0 Å². The van der Waals surface area contributed by atoms with Crippen LogP contribution < -0.4 is 5.32 Å². The lowest BCUT2D eigenvalue weighted by Gasteiger charge is -2.26. The number of likely N-dealkylation sites (tertiary alicyclic amines) is 1. The molecular formula is C20H24N2O4. The van der Waals surface area contributed by atoms with Crippen molar-refractivity contribution in [3.8, 4) is 0 Å². The summed E-state index contributed by atoms with van der Waals surface area (Å²) in [6.45, 7) is 0.411. The maximum Gasteiger partial charge on any atom is 0.326 e. The smallest absolute Gasteiger partial charge is 0.326 e. The second-order valence-corrected chi connectivity index (χ2v) is 6.85. The van der Waals surface area contributed by atoms with Crippen molar-refractivity contribution >= 4 is 17.8 Å². The van der Waals surface area contributed by atoms with Crippen LogP contribution in [0.3, 0.4) is 0 Å². The number of nitrogens with one attached hydrogen (secondary N) is 1. The Morgan fingerprint density at radius 1 is 1.00 bits per heavy atom. The molecule has 2 amide bonds. The summed E-state index contributed by atoms with van der Waals surface area (Å²) >= 11 is 0. The minimum atomic E-state index is -0.988. The van der Waals surface area contributed by atoms with E-state index in [0.29, 0.717) is 24.9 Å². The van der Waals surface area contributed by atoms with Gasteiger partial charge in [-0.25, -0.2) is 4.79 Å². The molecular weight excluding hydrogens is 332 g/mol. The summed E-state index contributed by atoms with van der Waals surface area (Å²) in [4.78, 5) is 38.6. The third-order valence-electron chi connectivity index (χ3n) is 5.10. The van der Waals surface area contributed by atoms with E-state index in [0.717, 1.165) is 37.7 Å². The van der Waals surface area contributed by atoms with Crippen molar-refractivity contribution in [3.05, 3.63) is 47.2 Å². The molecule has 2 N–H and O–H groups in total. The first-order chi connectivity index (χ1) is 12.6. The Balaban J connectivity index is 1.87. The lowest BCUT2D eigenvalue weighted by molar-refractivity contribution is -0.147. The molecule has 26 heavy (non-hydrogen) atoms. The monoisotopic (exact) mass is 356 g/mol. The highest BCUT2D eigenvalue weighted by Gasteiger charge is 2.36. The summed E-state index contributed by atoms with van der Waals surface area (Å²) in [5.41, 5.74) is 1.69. The largest absolute Gasteiger partial charge is 0.480 e. The number of allylic oxidation sites excluding steroid dienone is 1. The minimum Gasteiger partial charge on any atom is -0.480 e. The summed E-state index contributed by atoms with van der Waals surface area (Å²) in [5, 5.41) is 12.2. The van der Waals surface area contributed by atoms with E-state index in [1.54, 1.807) is 24.3 Å². The fourth-order valence-corrected chi connectivity index (χ4v) is 3.71. The molecule has 0 unspecified atom stereocenters. The third kappa shape index (κ3) is 3.95. The molecule has 1 atom stereocenters. The van der Waals surface area contributed by atoms with Gasteiger partial charge in [-0.1, -0.05) is 24.6 Å². The number of hydrogen-bond donors (Lipinski definition) is 2. The molecule has 1 heterocycles. The van der Waals surface area contributed by atoms with E-state index in [1.807, 2.05) is 6.07 Å². The first kappa shape index (κ1) is 18.2. The Bertz CT molecular complexity index is 719. The van der Waals surface area contributed by atoms with Gasteiger partial charge in [-0.3, -0.25) is 9.59 Å². The van der Waals surface area contributed by atoms with Crippen LogP contribution in [0.1, 0.15) is 55.3 Å². The molecule has 0 spiro atoms. The summed E-state index contributed by atoms with van der Waals surface area (Å²) in [7, 11) is 0. The maximum absolute atomic E-state index is 13.1. The number of carbonyl (C=O) groups is 3. The molecule has 3 rings (SSSR count). The Labute approximate surface area is 152 Å². The molecule has 6 heteroatoms. The van der Waals surface area contributed by atoms with Crippen LogP contribution in [0.15, 0.2) is 41.6 Å². The van der Waals surface area contributed by atoms with Gasteiger partial charge in [0.05, 0.1) is 0 Å². The highest BCUT2D eigenvalue weighted by Crippen LogP contribution is 2.28. The molecule has 138 valence electrons. The van der Waals surface area contributed by atoms with Gasteiger partial charge in [0.15, 0.2) is 0 Å². The summed E-state index contributed by atoms with van der Waals surface area (Å²) in [6.07, 6.45) is 5.72. The Hall–Kier alpha value is -2.63.